The molecule has 1 aromatic carbocycles. The molecule has 1 aliphatic rings. The summed E-state index contributed by atoms with van der Waals surface area (Å²) >= 11 is 2.11. The van der Waals surface area contributed by atoms with Crippen LogP contribution in [0, 0.1) is 0 Å². The van der Waals surface area contributed by atoms with Crippen molar-refractivity contribution < 1.29 is 9.95 Å². The van der Waals surface area contributed by atoms with Crippen molar-refractivity contribution in [2.75, 3.05) is 3.22 Å². The highest BCUT2D eigenvalue weighted by Gasteiger charge is 2.20. The summed E-state index contributed by atoms with van der Waals surface area (Å²) in [5.41, 5.74) is 4.56. The Morgan fingerprint density at radius 3 is 2.92 bits per heavy atom. The maximum Gasteiger partial charge on any atom is 0.301 e. The van der Waals surface area contributed by atoms with E-state index in [9.17, 15) is 5.21 Å². The predicted molar refractivity (Wildman–Crippen MR) is 53.8 cm³/mol. The van der Waals surface area contributed by atoms with Gasteiger partial charge in [0.2, 0.25) is 0 Å². The summed E-state index contributed by atoms with van der Waals surface area (Å²) in [5, 5.41) is 9.36. The Balaban J connectivity index is 2.58. The highest BCUT2D eigenvalue weighted by Crippen LogP contribution is 2.29. The van der Waals surface area contributed by atoms with Gasteiger partial charge < -0.3 is 5.21 Å². The second-order valence-electron chi connectivity index (χ2n) is 2.37. The monoisotopic (exact) mass is 276 g/mol. The fourth-order valence-electron chi connectivity index (χ4n) is 1.07. The van der Waals surface area contributed by atoms with Crippen LogP contribution < -0.4 is 8.65 Å². The van der Waals surface area contributed by atoms with E-state index in [0.717, 1.165) is 16.1 Å². The Labute approximate surface area is 83.5 Å². The van der Waals surface area contributed by atoms with Gasteiger partial charge in [-0.25, -0.2) is 0 Å². The topological polar surface area (TPSA) is 38.5 Å². The Morgan fingerprint density at radius 2 is 2.17 bits per heavy atom. The molecule has 5 heteroatoms. The van der Waals surface area contributed by atoms with E-state index in [4.69, 9.17) is 0 Å². The van der Waals surface area contributed by atoms with Crippen LogP contribution in [0.2, 0.25) is 0 Å². The number of nitrogens with one attached hydrogen (secondary N) is 1. The molecule has 2 rings (SSSR count). The standard InChI is InChI=1S/C7H6IN3O/c8-11-7-4-2-1-3-6(7)10(12)5-9-11/h1-5,12H/p+1. The van der Waals surface area contributed by atoms with Crippen molar-refractivity contribution in [1.29, 1.82) is 0 Å². The maximum atomic E-state index is 9.36. The fraction of sp³-hybridized carbons (Fsp3) is 0. The predicted octanol–water partition coefficient (Wildman–Crippen LogP) is 1.42. The van der Waals surface area contributed by atoms with Crippen molar-refractivity contribution in [2.24, 2.45) is 0 Å². The first-order valence-electron chi connectivity index (χ1n) is 3.41. The number of nitrogens with zero attached hydrogens (tertiary/aromatic N) is 2. The van der Waals surface area contributed by atoms with Crippen molar-refractivity contribution in [3.05, 3.63) is 24.3 Å². The lowest BCUT2D eigenvalue weighted by Gasteiger charge is -2.16. The average Bonchev–Trinajstić information content (AvgIpc) is 2.12. The van der Waals surface area contributed by atoms with Crippen LogP contribution in [-0.4, -0.2) is 16.3 Å². The summed E-state index contributed by atoms with van der Waals surface area (Å²) in [6.45, 7) is 0. The number of rotatable bonds is 0. The number of halogens is 1. The van der Waals surface area contributed by atoms with Gasteiger partial charge in [0.1, 0.15) is 28.6 Å². The van der Waals surface area contributed by atoms with Gasteiger partial charge in [0.05, 0.1) is 0 Å². The number of anilines is 1. The minimum atomic E-state index is 0.769. The van der Waals surface area contributed by atoms with Crippen LogP contribution in [0.1, 0.15) is 0 Å². The van der Waals surface area contributed by atoms with Crippen molar-refractivity contribution in [1.82, 2.24) is 5.43 Å². The Bertz CT molecular complexity index is 339. The van der Waals surface area contributed by atoms with Crippen LogP contribution in [0.4, 0.5) is 11.4 Å². The molecule has 1 heterocycles. The number of hydrazine groups is 1. The second-order valence-corrected chi connectivity index (χ2v) is 3.34. The number of para-hydroxylation sites is 2. The Kier molecular flexibility index (Phi) is 1.80. The summed E-state index contributed by atoms with van der Waals surface area (Å²) in [6.07, 6.45) is 1.48. The molecule has 0 radical (unpaired) electrons. The zero-order valence-electron chi connectivity index (χ0n) is 6.11. The zero-order valence-corrected chi connectivity index (χ0v) is 8.26. The van der Waals surface area contributed by atoms with Gasteiger partial charge in [-0.05, 0) is 16.9 Å². The normalized spacial score (nSPS) is 14.8. The molecule has 0 aliphatic carbocycles. The molecular weight excluding hydrogens is 269 g/mol. The van der Waals surface area contributed by atoms with Gasteiger partial charge >= 0.3 is 6.34 Å². The lowest BCUT2D eigenvalue weighted by Crippen LogP contribution is -2.34. The Hall–Kier alpha value is -0.980. The molecule has 0 unspecified atom stereocenters. The second kappa shape index (κ2) is 2.81. The average molecular weight is 276 g/mol. The van der Waals surface area contributed by atoms with E-state index in [-0.39, 0.29) is 0 Å². The van der Waals surface area contributed by atoms with Gasteiger partial charge in [0.15, 0.2) is 5.69 Å². The smallest absolute Gasteiger partial charge is 0.301 e. The molecule has 0 saturated heterocycles. The number of hydrogen-bond donors (Lipinski definition) is 2. The largest absolute Gasteiger partial charge is 0.350 e. The third kappa shape index (κ3) is 1.09. The van der Waals surface area contributed by atoms with Gasteiger partial charge in [0, 0.05) is 0 Å². The molecule has 0 saturated carbocycles. The van der Waals surface area contributed by atoms with Crippen LogP contribution in [0.5, 0.6) is 0 Å². The van der Waals surface area contributed by atoms with Crippen LogP contribution in [0.25, 0.3) is 0 Å². The van der Waals surface area contributed by atoms with Crippen molar-refractivity contribution in [3.63, 3.8) is 0 Å². The highest BCUT2D eigenvalue weighted by molar-refractivity contribution is 14.1. The zero-order chi connectivity index (χ0) is 8.55. The number of fused-ring (bicyclic) bond motifs is 1. The first kappa shape index (κ1) is 7.66. The van der Waals surface area contributed by atoms with Crippen molar-refractivity contribution >= 4 is 40.6 Å². The molecule has 12 heavy (non-hydrogen) atoms. The molecule has 0 bridgehead atoms. The fourth-order valence-corrected chi connectivity index (χ4v) is 1.60. The van der Waals surface area contributed by atoms with Crippen LogP contribution in [0.3, 0.4) is 0 Å². The quantitative estimate of drug-likeness (QED) is 0.326. The summed E-state index contributed by atoms with van der Waals surface area (Å²) < 4.78 is 2.87. The van der Waals surface area contributed by atoms with E-state index in [1.807, 2.05) is 24.3 Å². The van der Waals surface area contributed by atoms with E-state index < -0.39 is 0 Å². The van der Waals surface area contributed by atoms with Crippen LogP contribution >= 0.6 is 22.9 Å². The van der Waals surface area contributed by atoms with Crippen molar-refractivity contribution in [3.8, 4) is 0 Å². The highest BCUT2D eigenvalue weighted by atomic mass is 127. The lowest BCUT2D eigenvalue weighted by atomic mass is 10.3. The lowest BCUT2D eigenvalue weighted by molar-refractivity contribution is -0.711. The summed E-state index contributed by atoms with van der Waals surface area (Å²) in [7, 11) is 0. The number of hydrogen-bond acceptors (Lipinski definition) is 3. The molecule has 1 aromatic rings. The third-order valence-corrected chi connectivity index (χ3v) is 2.43. The van der Waals surface area contributed by atoms with Gasteiger partial charge in [-0.3, -0.25) is 0 Å². The van der Waals surface area contributed by atoms with E-state index >= 15 is 0 Å². The van der Waals surface area contributed by atoms with E-state index in [2.05, 4.69) is 28.3 Å². The first-order chi connectivity index (χ1) is 5.79. The van der Waals surface area contributed by atoms with Crippen LogP contribution in [-0.2, 0) is 0 Å². The first-order valence-corrected chi connectivity index (χ1v) is 4.38. The third-order valence-electron chi connectivity index (χ3n) is 1.63. The van der Waals surface area contributed by atoms with Crippen LogP contribution in [0.15, 0.2) is 24.3 Å². The van der Waals surface area contributed by atoms with Gasteiger partial charge in [-0.2, -0.15) is 8.65 Å². The molecule has 0 amide bonds. The molecule has 0 fully saturated rings. The molecule has 1 aliphatic heterocycles. The molecule has 2 N–H and O–H groups in total. The van der Waals surface area contributed by atoms with E-state index in [0.29, 0.717) is 0 Å². The molecule has 0 aromatic heterocycles. The number of benzene rings is 1. The maximum absolute atomic E-state index is 9.36. The SMILES string of the molecule is O[N+]1=CNN(I)c2ccccc21. The molecular formula is C7H7IN3O+. The molecule has 0 spiro atoms. The Morgan fingerprint density at radius 1 is 1.42 bits per heavy atom. The van der Waals surface area contributed by atoms with Gasteiger partial charge in [-0.15, -0.1) is 0 Å². The van der Waals surface area contributed by atoms with Gasteiger partial charge in [0.25, 0.3) is 0 Å². The summed E-state index contributed by atoms with van der Waals surface area (Å²) in [6, 6.07) is 7.57. The van der Waals surface area contributed by atoms with E-state index in [1.54, 1.807) is 3.22 Å². The summed E-state index contributed by atoms with van der Waals surface area (Å²) in [4.78, 5) is 0. The molecule has 62 valence electrons. The van der Waals surface area contributed by atoms with Crippen molar-refractivity contribution in [2.45, 2.75) is 0 Å². The van der Waals surface area contributed by atoms with E-state index in [1.165, 1.54) is 6.34 Å². The minimum absolute atomic E-state index is 0.769. The molecule has 4 nitrogen and oxygen atoms in total. The van der Waals surface area contributed by atoms with Gasteiger partial charge in [-0.1, -0.05) is 12.1 Å². The molecule has 0 atom stereocenters. The minimum Gasteiger partial charge on any atom is -0.350 e. The summed E-state index contributed by atoms with van der Waals surface area (Å²) in [5.74, 6) is 0.